The number of carbonyl (C=O) groups excluding carboxylic acids is 1. The number of furan rings is 1. The van der Waals surface area contributed by atoms with E-state index in [4.69, 9.17) is 9.15 Å². The molecular weight excluding hydrogens is 296 g/mol. The van der Waals surface area contributed by atoms with Crippen LogP contribution in [0.1, 0.15) is 36.1 Å². The number of carbonyl (C=O) groups is 1. The van der Waals surface area contributed by atoms with E-state index < -0.39 is 0 Å². The second-order valence-electron chi connectivity index (χ2n) is 5.69. The van der Waals surface area contributed by atoms with E-state index in [0.717, 1.165) is 36.6 Å². The molecule has 124 valence electrons. The van der Waals surface area contributed by atoms with Crippen molar-refractivity contribution in [1.82, 2.24) is 20.0 Å². The molecule has 0 radical (unpaired) electrons. The maximum absolute atomic E-state index is 12.5. The van der Waals surface area contributed by atoms with Gasteiger partial charge in [0.25, 0.3) is 0 Å². The minimum absolute atomic E-state index is 0.00727. The minimum atomic E-state index is -0.0709. The molecule has 3 rings (SSSR count). The summed E-state index contributed by atoms with van der Waals surface area (Å²) in [5.41, 5.74) is 0.967. The highest BCUT2D eigenvalue weighted by Crippen LogP contribution is 2.33. The summed E-state index contributed by atoms with van der Waals surface area (Å²) in [4.78, 5) is 14.3. The van der Waals surface area contributed by atoms with Gasteiger partial charge in [-0.1, -0.05) is 0 Å². The first kappa shape index (κ1) is 15.6. The Bertz CT molecular complexity index is 664. The normalized spacial score (nSPS) is 17.7. The van der Waals surface area contributed by atoms with Crippen LogP contribution in [0, 0.1) is 0 Å². The molecule has 2 amide bonds. The Hall–Kier alpha value is -2.28. The number of hydrogen-bond donors (Lipinski definition) is 1. The largest absolute Gasteiger partial charge is 0.461 e. The van der Waals surface area contributed by atoms with Crippen LogP contribution in [0.25, 0.3) is 0 Å². The summed E-state index contributed by atoms with van der Waals surface area (Å²) in [6, 6.07) is 5.66. The van der Waals surface area contributed by atoms with Crippen LogP contribution >= 0.6 is 0 Å². The van der Waals surface area contributed by atoms with Gasteiger partial charge in [-0.2, -0.15) is 5.10 Å². The minimum Gasteiger partial charge on any atom is -0.461 e. The zero-order chi connectivity index (χ0) is 16.2. The predicted molar refractivity (Wildman–Crippen MR) is 83.5 cm³/mol. The van der Waals surface area contributed by atoms with Crippen molar-refractivity contribution < 1.29 is 13.9 Å². The van der Waals surface area contributed by atoms with E-state index in [2.05, 4.69) is 10.4 Å². The molecule has 0 unspecified atom stereocenters. The number of methoxy groups -OCH3 is 1. The lowest BCUT2D eigenvalue weighted by atomic mass is 10.2. The highest BCUT2D eigenvalue weighted by atomic mass is 16.5. The highest BCUT2D eigenvalue weighted by molar-refractivity contribution is 5.75. The fourth-order valence-electron chi connectivity index (χ4n) is 2.94. The van der Waals surface area contributed by atoms with Crippen molar-refractivity contribution in [3.63, 3.8) is 0 Å². The Kier molecular flexibility index (Phi) is 4.66. The molecule has 0 spiro atoms. The topological polar surface area (TPSA) is 72.5 Å². The Morgan fingerprint density at radius 2 is 2.35 bits per heavy atom. The summed E-state index contributed by atoms with van der Waals surface area (Å²) in [5.74, 6) is 1.61. The van der Waals surface area contributed by atoms with E-state index in [0.29, 0.717) is 13.2 Å². The molecule has 2 aromatic heterocycles. The molecule has 1 aliphatic rings. The molecule has 1 aliphatic heterocycles. The first-order valence-corrected chi connectivity index (χ1v) is 7.78. The summed E-state index contributed by atoms with van der Waals surface area (Å²) in [6.45, 7) is 1.65. The molecule has 0 bridgehead atoms. The van der Waals surface area contributed by atoms with Crippen molar-refractivity contribution in [3.8, 4) is 0 Å². The Labute approximate surface area is 135 Å². The quantitative estimate of drug-likeness (QED) is 0.917. The van der Waals surface area contributed by atoms with Crippen LogP contribution in [0.15, 0.2) is 28.8 Å². The van der Waals surface area contributed by atoms with Crippen LogP contribution in [-0.2, 0) is 24.9 Å². The monoisotopic (exact) mass is 318 g/mol. The number of likely N-dealkylation sites (tertiary alicyclic amines) is 1. The molecule has 0 saturated carbocycles. The van der Waals surface area contributed by atoms with E-state index in [1.807, 2.05) is 30.1 Å². The van der Waals surface area contributed by atoms with Crippen molar-refractivity contribution in [3.05, 3.63) is 41.6 Å². The average Bonchev–Trinajstić information content (AvgIpc) is 3.25. The molecule has 0 aliphatic carbocycles. The van der Waals surface area contributed by atoms with Crippen molar-refractivity contribution in [2.45, 2.75) is 32.0 Å². The van der Waals surface area contributed by atoms with Gasteiger partial charge in [0.05, 0.1) is 18.3 Å². The highest BCUT2D eigenvalue weighted by Gasteiger charge is 2.32. The van der Waals surface area contributed by atoms with Crippen LogP contribution in [0.4, 0.5) is 4.79 Å². The lowest BCUT2D eigenvalue weighted by Crippen LogP contribution is -2.39. The van der Waals surface area contributed by atoms with Crippen LogP contribution in [0.2, 0.25) is 0 Å². The number of ether oxygens (including phenoxy) is 1. The third kappa shape index (κ3) is 3.39. The number of aryl methyl sites for hydroxylation is 1. The second kappa shape index (κ2) is 6.87. The number of nitrogens with one attached hydrogen (secondary N) is 1. The van der Waals surface area contributed by atoms with Crippen molar-refractivity contribution >= 4 is 6.03 Å². The van der Waals surface area contributed by atoms with Crippen LogP contribution in [0.5, 0.6) is 0 Å². The fourth-order valence-corrected chi connectivity index (χ4v) is 2.94. The molecule has 1 N–H and O–H groups in total. The molecule has 23 heavy (non-hydrogen) atoms. The van der Waals surface area contributed by atoms with Crippen molar-refractivity contribution in [2.24, 2.45) is 7.05 Å². The third-order valence-electron chi connectivity index (χ3n) is 4.15. The van der Waals surface area contributed by atoms with Crippen LogP contribution < -0.4 is 5.32 Å². The van der Waals surface area contributed by atoms with Gasteiger partial charge in [-0.05, 0) is 31.0 Å². The Balaban J connectivity index is 1.63. The lowest BCUT2D eigenvalue weighted by molar-refractivity contribution is 0.156. The lowest BCUT2D eigenvalue weighted by Gasteiger charge is -2.23. The van der Waals surface area contributed by atoms with Gasteiger partial charge < -0.3 is 19.4 Å². The van der Waals surface area contributed by atoms with Gasteiger partial charge in [0.15, 0.2) is 0 Å². The van der Waals surface area contributed by atoms with Gasteiger partial charge in [0.1, 0.15) is 18.1 Å². The standard InChI is InChI=1S/C16H22N4O3/c1-19-12(7-8-18-19)10-17-16(21)20-9-3-4-14(20)15-6-5-13(23-15)11-22-2/h5-8,14H,3-4,9-11H2,1-2H3,(H,17,21)/t14-/m0/s1. The van der Waals surface area contributed by atoms with Crippen molar-refractivity contribution in [1.29, 1.82) is 0 Å². The third-order valence-corrected chi connectivity index (χ3v) is 4.15. The first-order valence-electron chi connectivity index (χ1n) is 7.78. The summed E-state index contributed by atoms with van der Waals surface area (Å²) in [6.07, 6.45) is 3.61. The molecule has 7 heteroatoms. The van der Waals surface area contributed by atoms with E-state index in [1.54, 1.807) is 18.0 Å². The van der Waals surface area contributed by atoms with Gasteiger partial charge in [-0.25, -0.2) is 4.79 Å². The molecule has 1 fully saturated rings. The SMILES string of the molecule is COCc1ccc([C@@H]2CCCN2C(=O)NCc2ccnn2C)o1. The Morgan fingerprint density at radius 3 is 3.09 bits per heavy atom. The first-order chi connectivity index (χ1) is 11.2. The van der Waals surface area contributed by atoms with E-state index in [-0.39, 0.29) is 12.1 Å². The second-order valence-corrected chi connectivity index (χ2v) is 5.69. The number of nitrogens with zero attached hydrogens (tertiary/aromatic N) is 3. The maximum Gasteiger partial charge on any atom is 0.318 e. The zero-order valence-corrected chi connectivity index (χ0v) is 13.5. The molecular formula is C16H22N4O3. The number of hydrogen-bond acceptors (Lipinski definition) is 4. The number of amides is 2. The Morgan fingerprint density at radius 1 is 1.48 bits per heavy atom. The smallest absolute Gasteiger partial charge is 0.318 e. The fraction of sp³-hybridized carbons (Fsp3) is 0.500. The van der Waals surface area contributed by atoms with Gasteiger partial charge in [-0.3, -0.25) is 4.68 Å². The molecule has 1 saturated heterocycles. The van der Waals surface area contributed by atoms with Crippen LogP contribution in [-0.4, -0.2) is 34.4 Å². The number of urea groups is 1. The number of aromatic nitrogens is 2. The van der Waals surface area contributed by atoms with Gasteiger partial charge in [0.2, 0.25) is 0 Å². The molecule has 7 nitrogen and oxygen atoms in total. The maximum atomic E-state index is 12.5. The molecule has 2 aromatic rings. The number of rotatable bonds is 5. The van der Waals surface area contributed by atoms with E-state index in [9.17, 15) is 4.79 Å². The van der Waals surface area contributed by atoms with E-state index >= 15 is 0 Å². The summed E-state index contributed by atoms with van der Waals surface area (Å²) < 4.78 is 12.6. The van der Waals surface area contributed by atoms with Gasteiger partial charge in [0, 0.05) is 26.9 Å². The average molecular weight is 318 g/mol. The van der Waals surface area contributed by atoms with Gasteiger partial charge in [-0.15, -0.1) is 0 Å². The zero-order valence-electron chi connectivity index (χ0n) is 13.5. The molecule has 0 aromatic carbocycles. The summed E-state index contributed by atoms with van der Waals surface area (Å²) >= 11 is 0. The summed E-state index contributed by atoms with van der Waals surface area (Å²) in [7, 11) is 3.50. The summed E-state index contributed by atoms with van der Waals surface area (Å²) in [5, 5.41) is 7.06. The predicted octanol–water partition coefficient (Wildman–Crippen LogP) is 2.21. The molecule has 1 atom stereocenters. The van der Waals surface area contributed by atoms with Gasteiger partial charge >= 0.3 is 6.03 Å². The van der Waals surface area contributed by atoms with E-state index in [1.165, 1.54) is 0 Å². The van der Waals surface area contributed by atoms with Crippen molar-refractivity contribution in [2.75, 3.05) is 13.7 Å². The van der Waals surface area contributed by atoms with Crippen LogP contribution in [0.3, 0.4) is 0 Å². The molecule has 3 heterocycles.